The fraction of sp³-hybridized carbons (Fsp3) is 0.632. The number of ether oxygens (including phenoxy) is 2. The molecular weight excluding hydrogens is 318 g/mol. The molecule has 0 spiro atoms. The van der Waals surface area contributed by atoms with Gasteiger partial charge in [0.25, 0.3) is 0 Å². The highest BCUT2D eigenvalue weighted by Crippen LogP contribution is 2.42. The summed E-state index contributed by atoms with van der Waals surface area (Å²) in [6, 6.07) is 0. The lowest BCUT2D eigenvalue weighted by atomic mass is 9.99. The van der Waals surface area contributed by atoms with E-state index >= 15 is 0 Å². The average Bonchev–Trinajstić information content (AvgIpc) is 3.06. The Morgan fingerprint density at radius 2 is 2.12 bits per heavy atom. The quantitative estimate of drug-likeness (QED) is 0.839. The highest BCUT2D eigenvalue weighted by molar-refractivity contribution is 5.72. The maximum atomic E-state index is 12.3. The molecular formula is C19H27N3O3. The molecule has 1 aliphatic carbocycles. The molecule has 1 fully saturated rings. The molecule has 0 radical (unpaired) electrons. The van der Waals surface area contributed by atoms with Crippen LogP contribution in [0.5, 0.6) is 5.88 Å². The molecule has 2 atom stereocenters. The summed E-state index contributed by atoms with van der Waals surface area (Å²) in [6.45, 7) is 11.6. The Morgan fingerprint density at radius 3 is 2.76 bits per heavy atom. The van der Waals surface area contributed by atoms with Crippen LogP contribution in [0, 0.1) is 18.8 Å². The number of carbonyl (C=O) groups excluding carboxylic acids is 1. The molecule has 1 aliphatic heterocycles. The molecule has 0 bridgehead atoms. The van der Waals surface area contributed by atoms with Crippen LogP contribution < -0.4 is 4.74 Å². The molecule has 2 aliphatic rings. The summed E-state index contributed by atoms with van der Waals surface area (Å²) in [5.74, 6) is 1.36. The highest BCUT2D eigenvalue weighted by atomic mass is 16.6. The van der Waals surface area contributed by atoms with E-state index in [0.717, 1.165) is 24.4 Å². The van der Waals surface area contributed by atoms with Crippen molar-refractivity contribution in [2.45, 2.75) is 46.6 Å². The first-order valence-corrected chi connectivity index (χ1v) is 8.92. The first kappa shape index (κ1) is 17.7. The van der Waals surface area contributed by atoms with Crippen LogP contribution in [-0.2, 0) is 4.74 Å². The second-order valence-electron chi connectivity index (χ2n) is 7.80. The number of allylic oxidation sites excluding steroid dienone is 1. The zero-order valence-electron chi connectivity index (χ0n) is 15.7. The minimum atomic E-state index is -0.459. The third-order valence-corrected chi connectivity index (χ3v) is 4.49. The molecule has 25 heavy (non-hydrogen) atoms. The van der Waals surface area contributed by atoms with Gasteiger partial charge in [-0.3, -0.25) is 0 Å². The Balaban J connectivity index is 1.73. The number of aromatic nitrogens is 2. The maximum absolute atomic E-state index is 12.3. The number of amides is 1. The van der Waals surface area contributed by atoms with Crippen LogP contribution in [0.25, 0.3) is 5.57 Å². The molecule has 0 saturated carbocycles. The van der Waals surface area contributed by atoms with E-state index in [1.807, 2.05) is 39.5 Å². The molecule has 136 valence electrons. The number of nitrogens with zero attached hydrogens (tertiary/aromatic N) is 3. The standard InChI is InChI=1S/C19H27N3O3/c1-6-24-17-16(21-12(2)9-20-17)13-7-14-10-22(11-15(14)8-13)18(23)25-19(3,4)5/h7,9,14-15H,6,8,10-11H2,1-5H3. The van der Waals surface area contributed by atoms with Gasteiger partial charge in [-0.05, 0) is 52.5 Å². The Hall–Kier alpha value is -2.11. The van der Waals surface area contributed by atoms with E-state index in [-0.39, 0.29) is 6.09 Å². The molecule has 0 N–H and O–H groups in total. The predicted molar refractivity (Wildman–Crippen MR) is 95.3 cm³/mol. The van der Waals surface area contributed by atoms with Crippen LogP contribution in [0.2, 0.25) is 0 Å². The number of hydrogen-bond donors (Lipinski definition) is 0. The summed E-state index contributed by atoms with van der Waals surface area (Å²) < 4.78 is 11.1. The third kappa shape index (κ3) is 3.94. The molecule has 1 aromatic heterocycles. The summed E-state index contributed by atoms with van der Waals surface area (Å²) in [5.41, 5.74) is 2.45. The van der Waals surface area contributed by atoms with Crippen LogP contribution in [0.3, 0.4) is 0 Å². The zero-order chi connectivity index (χ0) is 18.2. The van der Waals surface area contributed by atoms with Crippen LogP contribution >= 0.6 is 0 Å². The van der Waals surface area contributed by atoms with Gasteiger partial charge in [-0.2, -0.15) is 0 Å². The van der Waals surface area contributed by atoms with Gasteiger partial charge in [-0.15, -0.1) is 0 Å². The van der Waals surface area contributed by atoms with Crippen molar-refractivity contribution in [3.05, 3.63) is 23.7 Å². The molecule has 3 rings (SSSR count). The van der Waals surface area contributed by atoms with Gasteiger partial charge in [-0.25, -0.2) is 14.8 Å². The van der Waals surface area contributed by atoms with Gasteiger partial charge in [0.15, 0.2) is 0 Å². The van der Waals surface area contributed by atoms with E-state index in [1.54, 1.807) is 6.20 Å². The Labute approximate surface area is 149 Å². The lowest BCUT2D eigenvalue weighted by Crippen LogP contribution is -2.35. The number of aryl methyl sites for hydroxylation is 1. The van der Waals surface area contributed by atoms with E-state index in [1.165, 1.54) is 5.57 Å². The summed E-state index contributed by atoms with van der Waals surface area (Å²) in [5, 5.41) is 0. The summed E-state index contributed by atoms with van der Waals surface area (Å²) in [7, 11) is 0. The van der Waals surface area contributed by atoms with Gasteiger partial charge in [0.1, 0.15) is 11.3 Å². The van der Waals surface area contributed by atoms with Gasteiger partial charge in [-0.1, -0.05) is 6.08 Å². The second kappa shape index (κ2) is 6.65. The average molecular weight is 345 g/mol. The highest BCUT2D eigenvalue weighted by Gasteiger charge is 2.40. The predicted octanol–water partition coefficient (Wildman–Crippen LogP) is 3.45. The second-order valence-corrected chi connectivity index (χ2v) is 7.80. The van der Waals surface area contributed by atoms with E-state index in [9.17, 15) is 4.79 Å². The van der Waals surface area contributed by atoms with E-state index in [4.69, 9.17) is 9.47 Å². The first-order valence-electron chi connectivity index (χ1n) is 8.92. The van der Waals surface area contributed by atoms with Gasteiger partial charge in [0.2, 0.25) is 5.88 Å². The van der Waals surface area contributed by atoms with Crippen molar-refractivity contribution < 1.29 is 14.3 Å². The van der Waals surface area contributed by atoms with Crippen molar-refractivity contribution in [1.82, 2.24) is 14.9 Å². The Morgan fingerprint density at radius 1 is 1.36 bits per heavy atom. The van der Waals surface area contributed by atoms with Crippen molar-refractivity contribution in [2.75, 3.05) is 19.7 Å². The summed E-state index contributed by atoms with van der Waals surface area (Å²) in [4.78, 5) is 23.1. The molecule has 6 heteroatoms. The fourth-order valence-electron chi connectivity index (χ4n) is 3.48. The van der Waals surface area contributed by atoms with E-state index in [0.29, 0.717) is 30.9 Å². The van der Waals surface area contributed by atoms with Crippen LogP contribution in [-0.4, -0.2) is 46.3 Å². The smallest absolute Gasteiger partial charge is 0.410 e. The number of fused-ring (bicyclic) bond motifs is 1. The normalized spacial score (nSPS) is 22.6. The summed E-state index contributed by atoms with van der Waals surface area (Å²) >= 11 is 0. The molecule has 6 nitrogen and oxygen atoms in total. The SMILES string of the molecule is CCOc1ncc(C)nc1C1=CC2CN(C(=O)OC(C)(C)C)CC2C1. The lowest BCUT2D eigenvalue weighted by molar-refractivity contribution is 0.0285. The topological polar surface area (TPSA) is 64.6 Å². The van der Waals surface area contributed by atoms with Crippen molar-refractivity contribution in [2.24, 2.45) is 11.8 Å². The Kier molecular flexibility index (Phi) is 4.71. The van der Waals surface area contributed by atoms with E-state index in [2.05, 4.69) is 16.0 Å². The minimum absolute atomic E-state index is 0.220. The number of hydrogen-bond acceptors (Lipinski definition) is 5. The van der Waals surface area contributed by atoms with Crippen molar-refractivity contribution in [1.29, 1.82) is 0 Å². The molecule has 0 aromatic carbocycles. The lowest BCUT2D eigenvalue weighted by Gasteiger charge is -2.24. The zero-order valence-corrected chi connectivity index (χ0v) is 15.7. The van der Waals surface area contributed by atoms with Crippen molar-refractivity contribution in [3.8, 4) is 5.88 Å². The van der Waals surface area contributed by atoms with Crippen molar-refractivity contribution >= 4 is 11.7 Å². The van der Waals surface area contributed by atoms with Crippen molar-refractivity contribution in [3.63, 3.8) is 0 Å². The van der Waals surface area contributed by atoms with E-state index < -0.39 is 5.60 Å². The van der Waals surface area contributed by atoms with Gasteiger partial charge < -0.3 is 14.4 Å². The molecule has 2 unspecified atom stereocenters. The Bertz CT molecular complexity index is 694. The maximum Gasteiger partial charge on any atom is 0.410 e. The number of carbonyl (C=O) groups is 1. The number of rotatable bonds is 3. The first-order chi connectivity index (χ1) is 11.8. The largest absolute Gasteiger partial charge is 0.476 e. The number of likely N-dealkylation sites (tertiary alicyclic amines) is 1. The van der Waals surface area contributed by atoms with Gasteiger partial charge in [0, 0.05) is 19.0 Å². The molecule has 1 saturated heterocycles. The molecule has 1 amide bonds. The molecule has 2 heterocycles. The fourth-order valence-corrected chi connectivity index (χ4v) is 3.48. The minimum Gasteiger partial charge on any atom is -0.476 e. The van der Waals surface area contributed by atoms with Gasteiger partial charge >= 0.3 is 6.09 Å². The van der Waals surface area contributed by atoms with Crippen LogP contribution in [0.15, 0.2) is 12.3 Å². The molecule has 1 aromatic rings. The van der Waals surface area contributed by atoms with Crippen LogP contribution in [0.4, 0.5) is 4.79 Å². The third-order valence-electron chi connectivity index (χ3n) is 4.49. The summed E-state index contributed by atoms with van der Waals surface area (Å²) in [6.07, 6.45) is 4.64. The monoisotopic (exact) mass is 345 g/mol. The van der Waals surface area contributed by atoms with Gasteiger partial charge in [0.05, 0.1) is 18.5 Å². The van der Waals surface area contributed by atoms with Crippen LogP contribution in [0.1, 0.15) is 45.5 Å².